The van der Waals surface area contributed by atoms with Gasteiger partial charge in [-0.05, 0) is 5.41 Å². The number of imidazole rings is 1. The van der Waals surface area contributed by atoms with Gasteiger partial charge in [0.2, 0.25) is 0 Å². The number of aromatic nitrogens is 2. The summed E-state index contributed by atoms with van der Waals surface area (Å²) in [5.74, 6) is 0. The third-order valence-electron chi connectivity index (χ3n) is 3.33. The maximum absolute atomic E-state index is 5.78. The summed E-state index contributed by atoms with van der Waals surface area (Å²) in [4.78, 5) is 4.49. The molecule has 0 aromatic carbocycles. The molecule has 16 heavy (non-hydrogen) atoms. The van der Waals surface area contributed by atoms with Crippen LogP contribution in [0.25, 0.3) is 0 Å². The predicted molar refractivity (Wildman–Crippen MR) is 65.1 cm³/mol. The van der Waals surface area contributed by atoms with Crippen molar-refractivity contribution in [2.75, 3.05) is 6.54 Å². The lowest BCUT2D eigenvalue weighted by atomic mass is 9.80. The molecular weight excluding hydrogens is 200 g/mol. The first-order chi connectivity index (χ1) is 7.43. The minimum Gasteiger partial charge on any atom is -0.336 e. The van der Waals surface area contributed by atoms with Crippen molar-refractivity contribution in [2.45, 2.75) is 39.3 Å². The van der Waals surface area contributed by atoms with Crippen LogP contribution in [-0.4, -0.2) is 22.1 Å². The summed E-state index contributed by atoms with van der Waals surface area (Å²) >= 11 is 0. The van der Waals surface area contributed by atoms with Crippen LogP contribution in [0, 0.1) is 5.41 Å². The first kappa shape index (κ1) is 11.6. The summed E-state index contributed by atoms with van der Waals surface area (Å²) in [6.07, 6.45) is 2.85. The number of rotatable bonds is 1. The molecule has 1 aliphatic rings. The molecule has 0 radical (unpaired) electrons. The SMILES string of the molecule is Cn1cnc2c1C(C(C)(C)C)NC(CN)C2. The Morgan fingerprint density at radius 2 is 2.25 bits per heavy atom. The van der Waals surface area contributed by atoms with Crippen LogP contribution in [-0.2, 0) is 13.5 Å². The van der Waals surface area contributed by atoms with Crippen LogP contribution in [0.1, 0.15) is 38.2 Å². The van der Waals surface area contributed by atoms with Crippen LogP contribution in [0.5, 0.6) is 0 Å². The number of nitrogens with two attached hydrogens (primary N) is 1. The van der Waals surface area contributed by atoms with E-state index in [0.29, 0.717) is 18.6 Å². The van der Waals surface area contributed by atoms with E-state index in [1.54, 1.807) is 0 Å². The molecule has 0 saturated heterocycles. The highest BCUT2D eigenvalue weighted by atomic mass is 15.1. The van der Waals surface area contributed by atoms with Crippen LogP contribution < -0.4 is 11.1 Å². The summed E-state index contributed by atoms with van der Waals surface area (Å²) in [5.41, 5.74) is 8.47. The van der Waals surface area contributed by atoms with Gasteiger partial charge in [0.15, 0.2) is 0 Å². The Morgan fingerprint density at radius 1 is 1.56 bits per heavy atom. The molecule has 0 saturated carbocycles. The molecule has 1 aliphatic heterocycles. The minimum absolute atomic E-state index is 0.177. The van der Waals surface area contributed by atoms with E-state index in [2.05, 4.69) is 42.7 Å². The van der Waals surface area contributed by atoms with Crippen LogP contribution in [0.2, 0.25) is 0 Å². The van der Waals surface area contributed by atoms with Crippen molar-refractivity contribution in [1.29, 1.82) is 0 Å². The zero-order valence-electron chi connectivity index (χ0n) is 10.6. The number of hydrogen-bond donors (Lipinski definition) is 2. The highest BCUT2D eigenvalue weighted by molar-refractivity contribution is 5.24. The maximum atomic E-state index is 5.78. The second-order valence-corrected chi connectivity index (χ2v) is 5.79. The molecule has 4 heteroatoms. The Balaban J connectivity index is 2.42. The molecule has 4 nitrogen and oxygen atoms in total. The number of fused-ring (bicyclic) bond motifs is 1. The number of nitrogens with zero attached hydrogens (tertiary/aromatic N) is 2. The third kappa shape index (κ3) is 1.87. The Bertz CT molecular complexity index is 375. The van der Waals surface area contributed by atoms with Gasteiger partial charge in [0.1, 0.15) is 0 Å². The normalized spacial score (nSPS) is 25.6. The average molecular weight is 222 g/mol. The van der Waals surface area contributed by atoms with E-state index in [1.165, 1.54) is 11.4 Å². The smallest absolute Gasteiger partial charge is 0.0949 e. The molecular formula is C12H22N4. The standard InChI is InChI=1S/C12H22N4/c1-12(2,3)11-10-9(14-7-16(10)4)5-8(6-13)15-11/h7-8,11,15H,5-6,13H2,1-4H3. The maximum Gasteiger partial charge on any atom is 0.0949 e. The molecule has 0 fully saturated rings. The van der Waals surface area contributed by atoms with Crippen molar-refractivity contribution in [3.63, 3.8) is 0 Å². The van der Waals surface area contributed by atoms with Gasteiger partial charge in [-0.15, -0.1) is 0 Å². The fourth-order valence-electron chi connectivity index (χ4n) is 2.43. The van der Waals surface area contributed by atoms with Gasteiger partial charge in [-0.25, -0.2) is 4.98 Å². The van der Waals surface area contributed by atoms with Crippen LogP contribution >= 0.6 is 0 Å². The highest BCUT2D eigenvalue weighted by Gasteiger charge is 2.36. The summed E-state index contributed by atoms with van der Waals surface area (Å²) in [6, 6.07) is 0.684. The zero-order valence-corrected chi connectivity index (χ0v) is 10.6. The molecule has 0 spiro atoms. The van der Waals surface area contributed by atoms with Gasteiger partial charge >= 0.3 is 0 Å². The lowest BCUT2D eigenvalue weighted by Crippen LogP contribution is -2.48. The van der Waals surface area contributed by atoms with Crippen molar-refractivity contribution in [1.82, 2.24) is 14.9 Å². The van der Waals surface area contributed by atoms with Crippen LogP contribution in [0.15, 0.2) is 6.33 Å². The molecule has 0 amide bonds. The minimum atomic E-state index is 0.177. The molecule has 1 aromatic rings. The van der Waals surface area contributed by atoms with E-state index in [9.17, 15) is 0 Å². The molecule has 3 N–H and O–H groups in total. The Morgan fingerprint density at radius 3 is 2.81 bits per heavy atom. The molecule has 0 bridgehead atoms. The van der Waals surface area contributed by atoms with Crippen molar-refractivity contribution < 1.29 is 0 Å². The summed E-state index contributed by atoms with van der Waals surface area (Å²) in [6.45, 7) is 7.42. The van der Waals surface area contributed by atoms with E-state index in [1.807, 2.05) is 6.33 Å². The molecule has 2 rings (SSSR count). The lowest BCUT2D eigenvalue weighted by Gasteiger charge is -2.38. The Labute approximate surface area is 97.2 Å². The molecule has 2 heterocycles. The topological polar surface area (TPSA) is 55.9 Å². The fourth-order valence-corrected chi connectivity index (χ4v) is 2.43. The number of hydrogen-bond acceptors (Lipinski definition) is 3. The Hall–Kier alpha value is -0.870. The van der Waals surface area contributed by atoms with E-state index in [-0.39, 0.29) is 5.41 Å². The van der Waals surface area contributed by atoms with Crippen LogP contribution in [0.4, 0.5) is 0 Å². The largest absolute Gasteiger partial charge is 0.336 e. The van der Waals surface area contributed by atoms with E-state index >= 15 is 0 Å². The summed E-state index contributed by atoms with van der Waals surface area (Å²) in [7, 11) is 2.06. The first-order valence-electron chi connectivity index (χ1n) is 5.89. The van der Waals surface area contributed by atoms with E-state index < -0.39 is 0 Å². The zero-order chi connectivity index (χ0) is 11.9. The molecule has 2 atom stereocenters. The number of nitrogens with one attached hydrogen (secondary N) is 1. The summed E-state index contributed by atoms with van der Waals surface area (Å²) < 4.78 is 2.13. The van der Waals surface area contributed by atoms with Gasteiger partial charge in [-0.1, -0.05) is 20.8 Å². The van der Waals surface area contributed by atoms with Crippen molar-refractivity contribution in [3.05, 3.63) is 17.7 Å². The van der Waals surface area contributed by atoms with Crippen LogP contribution in [0.3, 0.4) is 0 Å². The predicted octanol–water partition coefficient (Wildman–Crippen LogP) is 0.980. The van der Waals surface area contributed by atoms with Gasteiger partial charge < -0.3 is 15.6 Å². The van der Waals surface area contributed by atoms with Gasteiger partial charge in [-0.2, -0.15) is 0 Å². The molecule has 1 aromatic heterocycles. The van der Waals surface area contributed by atoms with Crippen molar-refractivity contribution in [3.8, 4) is 0 Å². The monoisotopic (exact) mass is 222 g/mol. The average Bonchev–Trinajstić information content (AvgIpc) is 2.58. The second-order valence-electron chi connectivity index (χ2n) is 5.79. The second kappa shape index (κ2) is 3.86. The van der Waals surface area contributed by atoms with Gasteiger partial charge in [0.05, 0.1) is 23.8 Å². The van der Waals surface area contributed by atoms with Gasteiger partial charge in [0.25, 0.3) is 0 Å². The van der Waals surface area contributed by atoms with Gasteiger partial charge in [0, 0.05) is 26.1 Å². The van der Waals surface area contributed by atoms with Crippen molar-refractivity contribution >= 4 is 0 Å². The molecule has 0 aliphatic carbocycles. The first-order valence-corrected chi connectivity index (χ1v) is 5.89. The molecule has 90 valence electrons. The molecule has 2 unspecified atom stereocenters. The highest BCUT2D eigenvalue weighted by Crippen LogP contribution is 2.37. The van der Waals surface area contributed by atoms with Crippen molar-refractivity contribution in [2.24, 2.45) is 18.2 Å². The van der Waals surface area contributed by atoms with E-state index in [4.69, 9.17) is 5.73 Å². The number of aryl methyl sites for hydroxylation is 1. The Kier molecular flexibility index (Phi) is 2.80. The fraction of sp³-hybridized carbons (Fsp3) is 0.750. The quantitative estimate of drug-likeness (QED) is 0.745. The lowest BCUT2D eigenvalue weighted by molar-refractivity contribution is 0.226. The van der Waals surface area contributed by atoms with Gasteiger partial charge in [-0.3, -0.25) is 0 Å². The van der Waals surface area contributed by atoms with E-state index in [0.717, 1.165) is 6.42 Å². The third-order valence-corrected chi connectivity index (χ3v) is 3.33. The summed E-state index contributed by atoms with van der Waals surface area (Å²) in [5, 5.41) is 3.64.